The first-order chi connectivity index (χ1) is 14.4. The van der Waals surface area contributed by atoms with Gasteiger partial charge in [0.15, 0.2) is 0 Å². The van der Waals surface area contributed by atoms with Crippen LogP contribution in [0.2, 0.25) is 0 Å². The smallest absolute Gasteiger partial charge is 0.272 e. The number of carbonyl (C=O) groups is 1. The van der Waals surface area contributed by atoms with Crippen molar-refractivity contribution in [1.82, 2.24) is 14.7 Å². The van der Waals surface area contributed by atoms with Gasteiger partial charge in [0.2, 0.25) is 0 Å². The second-order valence-electron chi connectivity index (χ2n) is 7.07. The van der Waals surface area contributed by atoms with Crippen LogP contribution in [0.15, 0.2) is 54.6 Å². The van der Waals surface area contributed by atoms with Crippen LogP contribution in [0.5, 0.6) is 0 Å². The van der Waals surface area contributed by atoms with Gasteiger partial charge in [-0.15, -0.1) is 0 Å². The molecule has 0 saturated carbocycles. The average molecular weight is 409 g/mol. The number of anilines is 1. The molecule has 2 heterocycles. The van der Waals surface area contributed by atoms with E-state index in [0.29, 0.717) is 43.1 Å². The molecule has 154 valence electrons. The zero-order valence-corrected chi connectivity index (χ0v) is 16.4. The van der Waals surface area contributed by atoms with Gasteiger partial charge in [0.05, 0.1) is 10.6 Å². The number of amides is 1. The first-order valence-electron chi connectivity index (χ1n) is 9.51. The van der Waals surface area contributed by atoms with Crippen LogP contribution in [0.1, 0.15) is 10.5 Å². The van der Waals surface area contributed by atoms with Gasteiger partial charge < -0.3 is 9.80 Å². The molecule has 1 fully saturated rings. The topological polar surface area (TPSA) is 84.5 Å². The fraction of sp³-hybridized carbons (Fsp3) is 0.238. The lowest BCUT2D eigenvalue weighted by Gasteiger charge is -2.36. The summed E-state index contributed by atoms with van der Waals surface area (Å²) in [6.45, 7) is 2.25. The van der Waals surface area contributed by atoms with E-state index in [0.717, 1.165) is 5.69 Å². The van der Waals surface area contributed by atoms with Gasteiger partial charge in [-0.25, -0.2) is 4.39 Å². The molecule has 1 aliphatic rings. The molecular formula is C21H20FN5O3. The maximum absolute atomic E-state index is 14.1. The van der Waals surface area contributed by atoms with E-state index < -0.39 is 4.92 Å². The Morgan fingerprint density at radius 2 is 1.73 bits per heavy atom. The van der Waals surface area contributed by atoms with Crippen molar-refractivity contribution in [1.29, 1.82) is 0 Å². The molecule has 1 aromatic heterocycles. The van der Waals surface area contributed by atoms with E-state index in [1.165, 1.54) is 22.9 Å². The summed E-state index contributed by atoms with van der Waals surface area (Å²) in [5.41, 5.74) is 2.11. The number of nitro groups is 1. The van der Waals surface area contributed by atoms with Crippen LogP contribution in [0.25, 0.3) is 11.3 Å². The molecule has 0 atom stereocenters. The Balaban J connectivity index is 1.45. The molecule has 1 amide bonds. The largest absolute Gasteiger partial charge is 0.368 e. The van der Waals surface area contributed by atoms with Gasteiger partial charge in [0.25, 0.3) is 11.6 Å². The summed E-state index contributed by atoms with van der Waals surface area (Å²) in [4.78, 5) is 27.2. The average Bonchev–Trinajstić information content (AvgIpc) is 3.15. The van der Waals surface area contributed by atoms with E-state index >= 15 is 0 Å². The molecule has 4 rings (SSSR count). The molecular weight excluding hydrogens is 389 g/mol. The number of carbonyl (C=O) groups excluding carboxylic acids is 1. The molecule has 1 aliphatic heterocycles. The second kappa shape index (κ2) is 7.94. The quantitative estimate of drug-likeness (QED) is 0.488. The van der Waals surface area contributed by atoms with E-state index in [1.807, 2.05) is 0 Å². The highest BCUT2D eigenvalue weighted by Crippen LogP contribution is 2.24. The van der Waals surface area contributed by atoms with Crippen molar-refractivity contribution in [2.75, 3.05) is 31.1 Å². The van der Waals surface area contributed by atoms with E-state index in [9.17, 15) is 19.3 Å². The Labute approximate surface area is 172 Å². The summed E-state index contributed by atoms with van der Waals surface area (Å²) in [5, 5.41) is 15.1. The summed E-state index contributed by atoms with van der Waals surface area (Å²) < 4.78 is 15.5. The van der Waals surface area contributed by atoms with Crippen molar-refractivity contribution < 1.29 is 14.1 Å². The number of rotatable bonds is 4. The van der Waals surface area contributed by atoms with Gasteiger partial charge in [0.1, 0.15) is 11.5 Å². The van der Waals surface area contributed by atoms with E-state index in [1.54, 1.807) is 48.3 Å². The lowest BCUT2D eigenvalue weighted by Crippen LogP contribution is -2.49. The predicted octanol–water partition coefficient (Wildman–Crippen LogP) is 3.10. The third-order valence-corrected chi connectivity index (χ3v) is 5.24. The Bertz CT molecular complexity index is 1090. The zero-order chi connectivity index (χ0) is 21.3. The number of halogens is 1. The fourth-order valence-corrected chi connectivity index (χ4v) is 3.58. The molecule has 0 spiro atoms. The summed E-state index contributed by atoms with van der Waals surface area (Å²) in [7, 11) is 1.67. The van der Waals surface area contributed by atoms with Crippen molar-refractivity contribution in [3.05, 3.63) is 76.2 Å². The Morgan fingerprint density at radius 3 is 2.37 bits per heavy atom. The number of nitrogens with zero attached hydrogens (tertiary/aromatic N) is 5. The molecule has 8 nitrogen and oxygen atoms in total. The fourth-order valence-electron chi connectivity index (χ4n) is 3.58. The molecule has 3 aromatic rings. The molecule has 30 heavy (non-hydrogen) atoms. The number of non-ortho nitro benzene ring substituents is 1. The van der Waals surface area contributed by atoms with E-state index in [4.69, 9.17) is 0 Å². The summed E-state index contributed by atoms with van der Waals surface area (Å²) >= 11 is 0. The SMILES string of the molecule is Cn1nc(-c2ccccc2F)cc1C(=O)N1CCN(c2ccc([N+](=O)[O-])cc2)CC1. The number of hydrogen-bond acceptors (Lipinski definition) is 5. The van der Waals surface area contributed by atoms with Crippen LogP contribution in [0, 0.1) is 15.9 Å². The number of aryl methyl sites for hydroxylation is 1. The predicted molar refractivity (Wildman–Crippen MR) is 110 cm³/mol. The van der Waals surface area contributed by atoms with Crippen LogP contribution >= 0.6 is 0 Å². The third kappa shape index (κ3) is 3.73. The van der Waals surface area contributed by atoms with Crippen molar-refractivity contribution in [3.63, 3.8) is 0 Å². The minimum atomic E-state index is -0.427. The minimum Gasteiger partial charge on any atom is -0.368 e. The Kier molecular flexibility index (Phi) is 5.18. The molecule has 9 heteroatoms. The maximum Gasteiger partial charge on any atom is 0.272 e. The van der Waals surface area contributed by atoms with Gasteiger partial charge in [-0.2, -0.15) is 5.10 Å². The van der Waals surface area contributed by atoms with Crippen LogP contribution < -0.4 is 4.90 Å². The molecule has 2 aromatic carbocycles. The highest BCUT2D eigenvalue weighted by Gasteiger charge is 2.25. The summed E-state index contributed by atoms with van der Waals surface area (Å²) in [6, 6.07) is 14.3. The maximum atomic E-state index is 14.1. The van der Waals surface area contributed by atoms with Crippen molar-refractivity contribution >= 4 is 17.3 Å². The van der Waals surface area contributed by atoms with Gasteiger partial charge in [-0.05, 0) is 30.3 Å². The lowest BCUT2D eigenvalue weighted by atomic mass is 10.1. The molecule has 1 saturated heterocycles. The summed E-state index contributed by atoms with van der Waals surface area (Å²) in [6.07, 6.45) is 0. The normalized spacial score (nSPS) is 14.1. The number of piperazine rings is 1. The van der Waals surface area contributed by atoms with Gasteiger partial charge >= 0.3 is 0 Å². The zero-order valence-electron chi connectivity index (χ0n) is 16.4. The first-order valence-corrected chi connectivity index (χ1v) is 9.51. The van der Waals surface area contributed by atoms with Gasteiger partial charge in [-0.1, -0.05) is 12.1 Å². The van der Waals surface area contributed by atoms with E-state index in [2.05, 4.69) is 10.00 Å². The first kappa shape index (κ1) is 19.6. The minimum absolute atomic E-state index is 0.0504. The van der Waals surface area contributed by atoms with Crippen LogP contribution in [-0.4, -0.2) is 51.7 Å². The number of benzene rings is 2. The Hall–Kier alpha value is -3.75. The molecule has 0 bridgehead atoms. The van der Waals surface area contributed by atoms with Crippen LogP contribution in [0.3, 0.4) is 0 Å². The summed E-state index contributed by atoms with van der Waals surface area (Å²) in [5.74, 6) is -0.540. The number of aromatic nitrogens is 2. The van der Waals surface area contributed by atoms with Gasteiger partial charge in [-0.3, -0.25) is 19.6 Å². The molecule has 0 aliphatic carbocycles. The van der Waals surface area contributed by atoms with E-state index in [-0.39, 0.29) is 17.4 Å². The number of nitro benzene ring substituents is 1. The monoisotopic (exact) mass is 409 g/mol. The van der Waals surface area contributed by atoms with Crippen molar-refractivity contribution in [2.45, 2.75) is 0 Å². The second-order valence-corrected chi connectivity index (χ2v) is 7.07. The molecule has 0 radical (unpaired) electrons. The highest BCUT2D eigenvalue weighted by molar-refractivity contribution is 5.94. The molecule has 0 unspecified atom stereocenters. The standard InChI is InChI=1S/C21H20FN5O3/c1-24-20(14-19(23-24)17-4-2-3-5-18(17)22)21(28)26-12-10-25(11-13-26)15-6-8-16(9-7-15)27(29)30/h2-9,14H,10-13H2,1H3. The lowest BCUT2D eigenvalue weighted by molar-refractivity contribution is -0.384. The number of hydrogen-bond donors (Lipinski definition) is 0. The van der Waals surface area contributed by atoms with Gasteiger partial charge in [0, 0.05) is 56.6 Å². The van der Waals surface area contributed by atoms with Crippen LogP contribution in [-0.2, 0) is 7.05 Å². The van der Waals surface area contributed by atoms with Crippen molar-refractivity contribution in [2.24, 2.45) is 7.05 Å². The molecule has 0 N–H and O–H groups in total. The highest BCUT2D eigenvalue weighted by atomic mass is 19.1. The van der Waals surface area contributed by atoms with Crippen molar-refractivity contribution in [3.8, 4) is 11.3 Å². The Morgan fingerprint density at radius 1 is 1.07 bits per heavy atom. The third-order valence-electron chi connectivity index (χ3n) is 5.24. The van der Waals surface area contributed by atoms with Crippen LogP contribution in [0.4, 0.5) is 15.8 Å².